The van der Waals surface area contributed by atoms with Gasteiger partial charge in [0, 0.05) is 12.5 Å². The normalized spacial score (nSPS) is 12.2. The largest absolute Gasteiger partial charge is 0.458 e. The van der Waals surface area contributed by atoms with Crippen LogP contribution in [-0.4, -0.2) is 10.9 Å². The van der Waals surface area contributed by atoms with Crippen LogP contribution in [0.4, 0.5) is 5.69 Å². The van der Waals surface area contributed by atoms with Gasteiger partial charge in [0.05, 0.1) is 10.5 Å². The van der Waals surface area contributed by atoms with Crippen LogP contribution in [-0.2, 0) is 9.53 Å². The molecule has 1 unspecified atom stereocenters. The van der Waals surface area contributed by atoms with Crippen molar-refractivity contribution in [3.8, 4) is 0 Å². The Bertz CT molecular complexity index is 457. The number of nitro groups is 1. The second-order valence-corrected chi connectivity index (χ2v) is 4.88. The number of esters is 1. The van der Waals surface area contributed by atoms with Gasteiger partial charge in [-0.15, -0.1) is 0 Å². The molecule has 1 atom stereocenters. The molecule has 19 heavy (non-hydrogen) atoms. The lowest BCUT2D eigenvalue weighted by atomic mass is 10.1. The van der Waals surface area contributed by atoms with Crippen LogP contribution in [0.2, 0.25) is 0 Å². The lowest BCUT2D eigenvalue weighted by Crippen LogP contribution is -2.11. The lowest BCUT2D eigenvalue weighted by Gasteiger charge is -2.14. The SMILES string of the molecule is CC(C)CCC(=O)OC(C)c1ccccc1[N+](=O)[O-]. The molecule has 0 aliphatic carbocycles. The highest BCUT2D eigenvalue weighted by molar-refractivity contribution is 5.69. The molecule has 0 N–H and O–H groups in total. The van der Waals surface area contributed by atoms with Crippen molar-refractivity contribution in [3.05, 3.63) is 39.9 Å². The number of para-hydroxylation sites is 1. The second-order valence-electron chi connectivity index (χ2n) is 4.88. The van der Waals surface area contributed by atoms with Crippen LogP contribution in [0.1, 0.15) is 45.3 Å². The van der Waals surface area contributed by atoms with Crippen LogP contribution < -0.4 is 0 Å². The molecule has 5 heteroatoms. The second kappa shape index (κ2) is 6.87. The maximum atomic E-state index is 11.6. The quantitative estimate of drug-likeness (QED) is 0.447. The third kappa shape index (κ3) is 4.69. The zero-order chi connectivity index (χ0) is 14.4. The van der Waals surface area contributed by atoms with Gasteiger partial charge in [-0.3, -0.25) is 14.9 Å². The van der Waals surface area contributed by atoms with E-state index >= 15 is 0 Å². The average molecular weight is 265 g/mol. The summed E-state index contributed by atoms with van der Waals surface area (Å²) in [6.07, 6.45) is 0.478. The Morgan fingerprint density at radius 1 is 1.32 bits per heavy atom. The molecule has 0 radical (unpaired) electrons. The lowest BCUT2D eigenvalue weighted by molar-refractivity contribution is -0.386. The number of hydrogen-bond acceptors (Lipinski definition) is 4. The number of carbonyl (C=O) groups excluding carboxylic acids is 1. The fraction of sp³-hybridized carbons (Fsp3) is 0.500. The van der Waals surface area contributed by atoms with E-state index < -0.39 is 11.0 Å². The summed E-state index contributed by atoms with van der Waals surface area (Å²) in [7, 11) is 0. The molecule has 0 saturated heterocycles. The Labute approximate surface area is 112 Å². The van der Waals surface area contributed by atoms with Gasteiger partial charge in [-0.2, -0.15) is 0 Å². The number of ether oxygens (including phenoxy) is 1. The van der Waals surface area contributed by atoms with Crippen LogP contribution in [0, 0.1) is 16.0 Å². The minimum atomic E-state index is -0.610. The summed E-state index contributed by atoms with van der Waals surface area (Å²) in [5.74, 6) is 0.105. The van der Waals surface area contributed by atoms with Crippen molar-refractivity contribution in [2.75, 3.05) is 0 Å². The topological polar surface area (TPSA) is 69.4 Å². The first-order valence-electron chi connectivity index (χ1n) is 6.34. The van der Waals surface area contributed by atoms with E-state index in [-0.39, 0.29) is 11.7 Å². The van der Waals surface area contributed by atoms with Gasteiger partial charge < -0.3 is 4.74 Å². The molecule has 0 amide bonds. The van der Waals surface area contributed by atoms with Crippen LogP contribution in [0.3, 0.4) is 0 Å². The molecule has 1 rings (SSSR count). The summed E-state index contributed by atoms with van der Waals surface area (Å²) in [5.41, 5.74) is 0.400. The van der Waals surface area contributed by atoms with Gasteiger partial charge in [-0.25, -0.2) is 0 Å². The molecule has 5 nitrogen and oxygen atoms in total. The predicted octanol–water partition coefficient (Wildman–Crippen LogP) is 3.64. The van der Waals surface area contributed by atoms with Crippen molar-refractivity contribution >= 4 is 11.7 Å². The summed E-state index contributed by atoms with van der Waals surface area (Å²) < 4.78 is 5.23. The number of nitrogens with zero attached hydrogens (tertiary/aromatic N) is 1. The standard InChI is InChI=1S/C14H19NO4/c1-10(2)8-9-14(16)19-11(3)12-6-4-5-7-13(12)15(17)18/h4-7,10-11H,8-9H2,1-3H3. The van der Waals surface area contributed by atoms with E-state index in [9.17, 15) is 14.9 Å². The molecule has 0 aromatic heterocycles. The van der Waals surface area contributed by atoms with Gasteiger partial charge >= 0.3 is 5.97 Å². The molecule has 1 aromatic rings. The Morgan fingerprint density at radius 3 is 2.53 bits per heavy atom. The van der Waals surface area contributed by atoms with Crippen molar-refractivity contribution < 1.29 is 14.5 Å². The Kier molecular flexibility index (Phi) is 5.48. The van der Waals surface area contributed by atoms with Gasteiger partial charge in [0.25, 0.3) is 5.69 Å². The zero-order valence-electron chi connectivity index (χ0n) is 11.5. The molecule has 0 fully saturated rings. The minimum absolute atomic E-state index is 0.0216. The average Bonchev–Trinajstić information content (AvgIpc) is 2.36. The highest BCUT2D eigenvalue weighted by Crippen LogP contribution is 2.27. The van der Waals surface area contributed by atoms with Crippen LogP contribution in [0.15, 0.2) is 24.3 Å². The van der Waals surface area contributed by atoms with Gasteiger partial charge in [0.15, 0.2) is 0 Å². The number of benzene rings is 1. The van der Waals surface area contributed by atoms with Gasteiger partial charge in [0.1, 0.15) is 6.10 Å². The molecule has 104 valence electrons. The fourth-order valence-electron chi connectivity index (χ4n) is 1.72. The highest BCUT2D eigenvalue weighted by atomic mass is 16.6. The summed E-state index contributed by atoms with van der Waals surface area (Å²) in [6, 6.07) is 6.31. The molecule has 0 bridgehead atoms. The van der Waals surface area contributed by atoms with E-state index in [0.29, 0.717) is 17.9 Å². The smallest absolute Gasteiger partial charge is 0.306 e. The molecule has 0 saturated carbocycles. The number of carbonyl (C=O) groups is 1. The van der Waals surface area contributed by atoms with E-state index in [2.05, 4.69) is 0 Å². The molecule has 0 heterocycles. The molecular formula is C14H19NO4. The first-order valence-corrected chi connectivity index (χ1v) is 6.34. The summed E-state index contributed by atoms with van der Waals surface area (Å²) in [4.78, 5) is 22.0. The third-order valence-corrected chi connectivity index (χ3v) is 2.81. The van der Waals surface area contributed by atoms with E-state index in [1.54, 1.807) is 25.1 Å². The highest BCUT2D eigenvalue weighted by Gasteiger charge is 2.21. The monoisotopic (exact) mass is 265 g/mol. The predicted molar refractivity (Wildman–Crippen MR) is 71.7 cm³/mol. The first kappa shape index (κ1) is 15.1. The number of nitro benzene ring substituents is 1. The van der Waals surface area contributed by atoms with Crippen LogP contribution in [0.5, 0.6) is 0 Å². The maximum absolute atomic E-state index is 11.6. The van der Waals surface area contributed by atoms with Crippen molar-refractivity contribution in [3.63, 3.8) is 0 Å². The maximum Gasteiger partial charge on any atom is 0.306 e. The van der Waals surface area contributed by atoms with Gasteiger partial charge in [-0.1, -0.05) is 26.0 Å². The number of hydrogen-bond donors (Lipinski definition) is 0. The molecule has 1 aromatic carbocycles. The van der Waals surface area contributed by atoms with Crippen molar-refractivity contribution in [1.29, 1.82) is 0 Å². The summed E-state index contributed by atoms with van der Waals surface area (Å²) >= 11 is 0. The Balaban J connectivity index is 2.70. The third-order valence-electron chi connectivity index (χ3n) is 2.81. The van der Waals surface area contributed by atoms with E-state index in [1.807, 2.05) is 13.8 Å². The molecular weight excluding hydrogens is 246 g/mol. The molecule has 0 aliphatic heterocycles. The van der Waals surface area contributed by atoms with E-state index in [0.717, 1.165) is 6.42 Å². The Morgan fingerprint density at radius 2 is 1.95 bits per heavy atom. The molecule has 0 aliphatic rings. The van der Waals surface area contributed by atoms with Crippen LogP contribution in [0.25, 0.3) is 0 Å². The van der Waals surface area contributed by atoms with E-state index in [4.69, 9.17) is 4.74 Å². The summed E-state index contributed by atoms with van der Waals surface area (Å²) in [5, 5.41) is 10.9. The Hall–Kier alpha value is -1.91. The van der Waals surface area contributed by atoms with Crippen molar-refractivity contribution in [2.45, 2.75) is 39.7 Å². The minimum Gasteiger partial charge on any atom is -0.458 e. The van der Waals surface area contributed by atoms with Crippen molar-refractivity contribution in [2.24, 2.45) is 5.92 Å². The van der Waals surface area contributed by atoms with Gasteiger partial charge in [0.2, 0.25) is 0 Å². The number of rotatable bonds is 6. The van der Waals surface area contributed by atoms with Gasteiger partial charge in [-0.05, 0) is 25.3 Å². The fourth-order valence-corrected chi connectivity index (χ4v) is 1.72. The van der Waals surface area contributed by atoms with Crippen LogP contribution >= 0.6 is 0 Å². The zero-order valence-corrected chi connectivity index (χ0v) is 11.5. The first-order chi connectivity index (χ1) is 8.91. The van der Waals surface area contributed by atoms with E-state index in [1.165, 1.54) is 6.07 Å². The molecule has 0 spiro atoms. The van der Waals surface area contributed by atoms with Crippen molar-refractivity contribution in [1.82, 2.24) is 0 Å². The summed E-state index contributed by atoms with van der Waals surface area (Å²) in [6.45, 7) is 5.70.